The zero-order valence-electron chi connectivity index (χ0n) is 13.6. The highest BCUT2D eigenvalue weighted by Gasteiger charge is 2.12. The summed E-state index contributed by atoms with van der Waals surface area (Å²) in [6.45, 7) is 6.44. The summed E-state index contributed by atoms with van der Waals surface area (Å²) in [7, 11) is 1.46. The van der Waals surface area contributed by atoms with Crippen molar-refractivity contribution in [2.45, 2.75) is 27.4 Å². The van der Waals surface area contributed by atoms with E-state index in [1.165, 1.54) is 18.2 Å². The standard InChI is InChI=1S/C18H19ClO3S/c1-11-8-13(3)17(9-12(11)2)21-10-14-15(19)6-5-7-16(14)22-18(23)20-4/h5-9H,10H2,1-4H3. The fraction of sp³-hybridized carbons (Fsp3) is 0.278. The fourth-order valence-corrected chi connectivity index (χ4v) is 2.46. The third kappa shape index (κ3) is 4.36. The maximum atomic E-state index is 6.27. The average molecular weight is 351 g/mol. The summed E-state index contributed by atoms with van der Waals surface area (Å²) in [4.78, 5) is 0. The number of thiocarbonyl (C=S) groups is 1. The molecule has 122 valence electrons. The molecule has 0 saturated carbocycles. The van der Waals surface area contributed by atoms with Crippen LogP contribution in [0.5, 0.6) is 11.5 Å². The van der Waals surface area contributed by atoms with Crippen LogP contribution in [0.4, 0.5) is 0 Å². The molecule has 2 aromatic rings. The zero-order chi connectivity index (χ0) is 17.0. The molecule has 0 aliphatic carbocycles. The number of aryl methyl sites for hydroxylation is 3. The molecule has 2 aromatic carbocycles. The summed E-state index contributed by atoms with van der Waals surface area (Å²) in [6, 6.07) is 9.50. The Morgan fingerprint density at radius 2 is 1.74 bits per heavy atom. The predicted molar refractivity (Wildman–Crippen MR) is 96.7 cm³/mol. The summed E-state index contributed by atoms with van der Waals surface area (Å²) < 4.78 is 16.3. The Morgan fingerprint density at radius 1 is 1.04 bits per heavy atom. The van der Waals surface area contributed by atoms with E-state index in [9.17, 15) is 0 Å². The normalized spacial score (nSPS) is 10.3. The summed E-state index contributed by atoms with van der Waals surface area (Å²) in [6.07, 6.45) is 0. The quantitative estimate of drug-likeness (QED) is 0.712. The van der Waals surface area contributed by atoms with Crippen LogP contribution in [0.25, 0.3) is 0 Å². The van der Waals surface area contributed by atoms with Gasteiger partial charge in [-0.25, -0.2) is 0 Å². The largest absolute Gasteiger partial charge is 0.488 e. The molecule has 0 aromatic heterocycles. The van der Waals surface area contributed by atoms with E-state index in [4.69, 9.17) is 38.0 Å². The molecular weight excluding hydrogens is 332 g/mol. The highest BCUT2D eigenvalue weighted by Crippen LogP contribution is 2.30. The smallest absolute Gasteiger partial charge is 0.357 e. The van der Waals surface area contributed by atoms with E-state index < -0.39 is 0 Å². The van der Waals surface area contributed by atoms with Gasteiger partial charge in [0.15, 0.2) is 0 Å². The van der Waals surface area contributed by atoms with Gasteiger partial charge in [0.1, 0.15) is 18.1 Å². The second kappa shape index (κ2) is 7.66. The summed E-state index contributed by atoms with van der Waals surface area (Å²) in [5.74, 6) is 1.36. The van der Waals surface area contributed by atoms with Gasteiger partial charge in [-0.2, -0.15) is 0 Å². The SMILES string of the molecule is COC(=S)Oc1cccc(Cl)c1COc1cc(C)c(C)cc1C. The molecule has 0 radical (unpaired) electrons. The lowest BCUT2D eigenvalue weighted by atomic mass is 10.1. The van der Waals surface area contributed by atoms with Gasteiger partial charge >= 0.3 is 5.24 Å². The second-order valence-electron chi connectivity index (χ2n) is 5.26. The van der Waals surface area contributed by atoms with Crippen LogP contribution in [-0.2, 0) is 11.3 Å². The zero-order valence-corrected chi connectivity index (χ0v) is 15.2. The van der Waals surface area contributed by atoms with E-state index in [2.05, 4.69) is 19.9 Å². The Bertz CT molecular complexity index is 728. The lowest BCUT2D eigenvalue weighted by Gasteiger charge is -2.15. The van der Waals surface area contributed by atoms with Crippen LogP contribution in [0, 0.1) is 20.8 Å². The lowest BCUT2D eigenvalue weighted by molar-refractivity contribution is 0.288. The molecule has 0 aliphatic heterocycles. The minimum absolute atomic E-state index is 0.0378. The number of hydrogen-bond acceptors (Lipinski definition) is 4. The van der Waals surface area contributed by atoms with Crippen molar-refractivity contribution in [2.75, 3.05) is 7.11 Å². The Balaban J connectivity index is 2.23. The summed E-state index contributed by atoms with van der Waals surface area (Å²) in [5.41, 5.74) is 4.23. The van der Waals surface area contributed by atoms with Crippen molar-refractivity contribution in [3.8, 4) is 11.5 Å². The van der Waals surface area contributed by atoms with E-state index in [1.54, 1.807) is 18.2 Å². The number of benzene rings is 2. The van der Waals surface area contributed by atoms with Gasteiger partial charge in [-0.1, -0.05) is 23.7 Å². The van der Waals surface area contributed by atoms with Crippen LogP contribution >= 0.6 is 23.8 Å². The van der Waals surface area contributed by atoms with Crippen LogP contribution in [0.15, 0.2) is 30.3 Å². The van der Waals surface area contributed by atoms with Crippen LogP contribution < -0.4 is 9.47 Å². The fourth-order valence-electron chi connectivity index (χ4n) is 2.15. The Labute approximate surface area is 147 Å². The molecule has 0 saturated heterocycles. The minimum atomic E-state index is 0.0378. The summed E-state index contributed by atoms with van der Waals surface area (Å²) in [5, 5.41) is 0.596. The van der Waals surface area contributed by atoms with Crippen molar-refractivity contribution in [2.24, 2.45) is 0 Å². The van der Waals surface area contributed by atoms with Crippen LogP contribution in [0.2, 0.25) is 5.02 Å². The maximum absolute atomic E-state index is 6.27. The molecule has 2 rings (SSSR count). The topological polar surface area (TPSA) is 27.7 Å². The Kier molecular flexibility index (Phi) is 5.85. The molecule has 0 bridgehead atoms. The van der Waals surface area contributed by atoms with Crippen molar-refractivity contribution in [3.63, 3.8) is 0 Å². The number of ether oxygens (including phenoxy) is 3. The third-order valence-electron chi connectivity index (χ3n) is 3.60. The van der Waals surface area contributed by atoms with Gasteiger partial charge in [-0.15, -0.1) is 0 Å². The van der Waals surface area contributed by atoms with Crippen molar-refractivity contribution in [1.29, 1.82) is 0 Å². The predicted octanol–water partition coefficient (Wildman–Crippen LogP) is 5.15. The number of rotatable bonds is 4. The van der Waals surface area contributed by atoms with E-state index in [0.29, 0.717) is 10.8 Å². The van der Waals surface area contributed by atoms with E-state index >= 15 is 0 Å². The van der Waals surface area contributed by atoms with Crippen LogP contribution in [-0.4, -0.2) is 12.3 Å². The van der Waals surface area contributed by atoms with E-state index in [1.807, 2.05) is 13.0 Å². The number of hydrogen-bond donors (Lipinski definition) is 0. The first-order valence-electron chi connectivity index (χ1n) is 7.16. The molecule has 0 amide bonds. The molecule has 0 aliphatic rings. The van der Waals surface area contributed by atoms with Gasteiger partial charge in [0.2, 0.25) is 0 Å². The summed E-state index contributed by atoms with van der Waals surface area (Å²) >= 11 is 11.2. The van der Waals surface area contributed by atoms with Crippen LogP contribution in [0.3, 0.4) is 0 Å². The van der Waals surface area contributed by atoms with Gasteiger partial charge in [-0.3, -0.25) is 0 Å². The van der Waals surface area contributed by atoms with Crippen molar-refractivity contribution < 1.29 is 14.2 Å². The maximum Gasteiger partial charge on any atom is 0.357 e. The van der Waals surface area contributed by atoms with E-state index in [0.717, 1.165) is 16.9 Å². The Hall–Kier alpha value is -1.78. The first-order valence-corrected chi connectivity index (χ1v) is 7.95. The molecule has 0 atom stereocenters. The molecule has 0 unspecified atom stereocenters. The lowest BCUT2D eigenvalue weighted by Crippen LogP contribution is -2.10. The molecule has 0 N–H and O–H groups in total. The first kappa shape index (κ1) is 17.6. The number of methoxy groups -OCH3 is 1. The molecule has 23 heavy (non-hydrogen) atoms. The minimum Gasteiger partial charge on any atom is -0.488 e. The monoisotopic (exact) mass is 350 g/mol. The van der Waals surface area contributed by atoms with Crippen molar-refractivity contribution in [3.05, 3.63) is 57.6 Å². The molecule has 5 heteroatoms. The van der Waals surface area contributed by atoms with Crippen molar-refractivity contribution >= 4 is 29.1 Å². The molecule has 0 spiro atoms. The number of halogens is 1. The molecule has 3 nitrogen and oxygen atoms in total. The van der Waals surface area contributed by atoms with Crippen LogP contribution in [0.1, 0.15) is 22.3 Å². The van der Waals surface area contributed by atoms with Gasteiger partial charge < -0.3 is 14.2 Å². The Morgan fingerprint density at radius 3 is 2.43 bits per heavy atom. The molecule has 0 heterocycles. The second-order valence-corrected chi connectivity index (χ2v) is 6.00. The third-order valence-corrected chi connectivity index (χ3v) is 4.20. The van der Waals surface area contributed by atoms with Gasteiger partial charge in [0.25, 0.3) is 0 Å². The highest BCUT2D eigenvalue weighted by molar-refractivity contribution is 7.79. The van der Waals surface area contributed by atoms with Gasteiger partial charge in [-0.05, 0) is 55.7 Å². The van der Waals surface area contributed by atoms with Gasteiger partial charge in [0, 0.05) is 12.2 Å². The molecular formula is C18H19ClO3S. The highest BCUT2D eigenvalue weighted by atomic mass is 35.5. The van der Waals surface area contributed by atoms with Crippen molar-refractivity contribution in [1.82, 2.24) is 0 Å². The average Bonchev–Trinajstić information content (AvgIpc) is 2.51. The van der Waals surface area contributed by atoms with Gasteiger partial charge in [0.05, 0.1) is 17.7 Å². The first-order chi connectivity index (χ1) is 10.9. The van der Waals surface area contributed by atoms with E-state index in [-0.39, 0.29) is 11.8 Å². The molecule has 0 fully saturated rings.